The van der Waals surface area contributed by atoms with Gasteiger partial charge in [0.05, 0.1) is 5.92 Å². The Morgan fingerprint density at radius 1 is 1.21 bits per heavy atom. The monoisotopic (exact) mass is 267 g/mol. The van der Waals surface area contributed by atoms with Crippen LogP contribution in [0.2, 0.25) is 0 Å². The number of amides is 1. The number of piperidine rings is 1. The topological polar surface area (TPSA) is 66.8 Å². The Kier molecular flexibility index (Phi) is 3.99. The van der Waals surface area contributed by atoms with E-state index in [4.69, 9.17) is 9.84 Å². The third kappa shape index (κ3) is 3.43. The molecule has 5 nitrogen and oxygen atoms in total. The lowest BCUT2D eigenvalue weighted by Crippen LogP contribution is -2.41. The van der Waals surface area contributed by atoms with Crippen LogP contribution in [0.4, 0.5) is 9.18 Å². The number of carbonyl (C=O) groups is 2. The first kappa shape index (κ1) is 13.3. The van der Waals surface area contributed by atoms with Crippen molar-refractivity contribution < 1.29 is 23.8 Å². The second-order valence-electron chi connectivity index (χ2n) is 4.42. The second kappa shape index (κ2) is 5.69. The highest BCUT2D eigenvalue weighted by molar-refractivity contribution is 5.73. The van der Waals surface area contributed by atoms with Crippen molar-refractivity contribution in [2.45, 2.75) is 12.8 Å². The zero-order valence-electron chi connectivity index (χ0n) is 10.2. The Hall–Kier alpha value is -2.11. The molecule has 1 fully saturated rings. The molecule has 19 heavy (non-hydrogen) atoms. The molecule has 0 unspecified atom stereocenters. The molecule has 1 aliphatic rings. The maximum atomic E-state index is 12.7. The van der Waals surface area contributed by atoms with Crippen LogP contribution in [-0.2, 0) is 4.79 Å². The van der Waals surface area contributed by atoms with Crippen molar-refractivity contribution >= 4 is 12.1 Å². The van der Waals surface area contributed by atoms with Gasteiger partial charge in [0.2, 0.25) is 0 Å². The Balaban J connectivity index is 1.88. The smallest absolute Gasteiger partial charge is 0.415 e. The predicted octanol–water partition coefficient (Wildman–Crippen LogP) is 2.12. The van der Waals surface area contributed by atoms with Crippen molar-refractivity contribution in [3.05, 3.63) is 30.1 Å². The molecule has 1 aliphatic heterocycles. The standard InChI is InChI=1S/C13H14FNO4/c14-10-1-3-11(4-2-10)19-13(18)15-7-5-9(6-8-15)12(16)17/h1-4,9H,5-8H2,(H,16,17). The van der Waals surface area contributed by atoms with E-state index in [1.165, 1.54) is 29.2 Å². The van der Waals surface area contributed by atoms with Gasteiger partial charge in [0.1, 0.15) is 11.6 Å². The Morgan fingerprint density at radius 3 is 2.32 bits per heavy atom. The number of likely N-dealkylation sites (tertiary alicyclic amines) is 1. The molecule has 102 valence electrons. The number of benzene rings is 1. The molecule has 1 amide bonds. The number of carbonyl (C=O) groups excluding carboxylic acids is 1. The maximum Gasteiger partial charge on any atom is 0.415 e. The minimum atomic E-state index is -0.827. The van der Waals surface area contributed by atoms with Crippen LogP contribution in [0, 0.1) is 11.7 Å². The van der Waals surface area contributed by atoms with Crippen molar-refractivity contribution in [2.24, 2.45) is 5.92 Å². The summed E-state index contributed by atoms with van der Waals surface area (Å²) < 4.78 is 17.8. The van der Waals surface area contributed by atoms with Gasteiger partial charge in [0.15, 0.2) is 0 Å². The molecule has 0 atom stereocenters. The van der Waals surface area contributed by atoms with E-state index < -0.39 is 23.8 Å². The number of rotatable bonds is 2. The lowest BCUT2D eigenvalue weighted by Gasteiger charge is -2.29. The molecule has 0 aliphatic carbocycles. The van der Waals surface area contributed by atoms with Gasteiger partial charge in [0, 0.05) is 13.1 Å². The molecule has 1 saturated heterocycles. The second-order valence-corrected chi connectivity index (χ2v) is 4.42. The van der Waals surface area contributed by atoms with Gasteiger partial charge in [-0.05, 0) is 37.1 Å². The number of carboxylic acids is 1. The van der Waals surface area contributed by atoms with Crippen molar-refractivity contribution in [1.29, 1.82) is 0 Å². The van der Waals surface area contributed by atoms with Crippen LogP contribution in [-0.4, -0.2) is 35.2 Å². The fourth-order valence-corrected chi connectivity index (χ4v) is 1.98. The van der Waals surface area contributed by atoms with Gasteiger partial charge in [-0.25, -0.2) is 9.18 Å². The molecule has 1 N–H and O–H groups in total. The molecule has 0 aromatic heterocycles. The van der Waals surface area contributed by atoms with E-state index in [9.17, 15) is 14.0 Å². The maximum absolute atomic E-state index is 12.7. The molecule has 1 aromatic rings. The molecule has 1 heterocycles. The lowest BCUT2D eigenvalue weighted by molar-refractivity contribution is -0.143. The van der Waals surface area contributed by atoms with Crippen LogP contribution in [0.15, 0.2) is 24.3 Å². The largest absolute Gasteiger partial charge is 0.481 e. The summed E-state index contributed by atoms with van der Waals surface area (Å²) in [7, 11) is 0. The van der Waals surface area contributed by atoms with Gasteiger partial charge in [-0.3, -0.25) is 4.79 Å². The summed E-state index contributed by atoms with van der Waals surface area (Å²) in [5.41, 5.74) is 0. The van der Waals surface area contributed by atoms with Crippen molar-refractivity contribution in [2.75, 3.05) is 13.1 Å². The van der Waals surface area contributed by atoms with Gasteiger partial charge >= 0.3 is 12.1 Å². The van der Waals surface area contributed by atoms with Gasteiger partial charge < -0.3 is 14.7 Å². The zero-order valence-corrected chi connectivity index (χ0v) is 10.2. The summed E-state index contributed by atoms with van der Waals surface area (Å²) in [6.45, 7) is 0.716. The van der Waals surface area contributed by atoms with Crippen LogP contribution in [0.5, 0.6) is 5.75 Å². The van der Waals surface area contributed by atoms with E-state index >= 15 is 0 Å². The summed E-state index contributed by atoms with van der Waals surface area (Å²) in [6, 6.07) is 5.16. The number of ether oxygens (including phenoxy) is 1. The third-order valence-electron chi connectivity index (χ3n) is 3.12. The lowest BCUT2D eigenvalue weighted by atomic mass is 9.97. The number of aliphatic carboxylic acids is 1. The Bertz CT molecular complexity index is 466. The molecule has 1 aromatic carbocycles. The molecular formula is C13H14FNO4. The van der Waals surface area contributed by atoms with E-state index in [0.29, 0.717) is 25.9 Å². The van der Waals surface area contributed by atoms with E-state index in [1.54, 1.807) is 0 Å². The van der Waals surface area contributed by atoms with Crippen molar-refractivity contribution in [3.63, 3.8) is 0 Å². The SMILES string of the molecule is O=C(O)C1CCN(C(=O)Oc2ccc(F)cc2)CC1. The molecule has 2 rings (SSSR count). The molecule has 0 radical (unpaired) electrons. The van der Waals surface area contributed by atoms with E-state index in [-0.39, 0.29) is 5.75 Å². The van der Waals surface area contributed by atoms with Gasteiger partial charge in [-0.1, -0.05) is 0 Å². The summed E-state index contributed by atoms with van der Waals surface area (Å²) in [5.74, 6) is -1.35. The fraction of sp³-hybridized carbons (Fsp3) is 0.385. The van der Waals surface area contributed by atoms with Gasteiger partial charge in [0.25, 0.3) is 0 Å². The Labute approximate surface area is 109 Å². The number of carboxylic acid groups (broad SMARTS) is 1. The highest BCUT2D eigenvalue weighted by atomic mass is 19.1. The molecule has 0 saturated carbocycles. The highest BCUT2D eigenvalue weighted by Gasteiger charge is 2.27. The van der Waals surface area contributed by atoms with Crippen LogP contribution in [0.1, 0.15) is 12.8 Å². The Morgan fingerprint density at radius 2 is 1.79 bits per heavy atom. The first-order chi connectivity index (χ1) is 9.06. The van der Waals surface area contributed by atoms with Crippen molar-refractivity contribution in [1.82, 2.24) is 4.90 Å². The number of nitrogens with zero attached hydrogens (tertiary/aromatic N) is 1. The molecule has 0 bridgehead atoms. The zero-order chi connectivity index (χ0) is 13.8. The first-order valence-electron chi connectivity index (χ1n) is 6.01. The predicted molar refractivity (Wildman–Crippen MR) is 64.4 cm³/mol. The number of halogens is 1. The number of hydrogen-bond acceptors (Lipinski definition) is 3. The molecule has 6 heteroatoms. The van der Waals surface area contributed by atoms with Crippen LogP contribution in [0.25, 0.3) is 0 Å². The van der Waals surface area contributed by atoms with Crippen LogP contribution in [0.3, 0.4) is 0 Å². The van der Waals surface area contributed by atoms with Gasteiger partial charge in [-0.2, -0.15) is 0 Å². The minimum Gasteiger partial charge on any atom is -0.481 e. The average Bonchev–Trinajstić information content (AvgIpc) is 2.41. The van der Waals surface area contributed by atoms with E-state index in [2.05, 4.69) is 0 Å². The molecular weight excluding hydrogens is 253 g/mol. The average molecular weight is 267 g/mol. The third-order valence-corrected chi connectivity index (χ3v) is 3.12. The highest BCUT2D eigenvalue weighted by Crippen LogP contribution is 2.19. The number of hydrogen-bond donors (Lipinski definition) is 1. The normalized spacial score (nSPS) is 16.2. The van der Waals surface area contributed by atoms with Gasteiger partial charge in [-0.15, -0.1) is 0 Å². The summed E-state index contributed by atoms with van der Waals surface area (Å²) in [5, 5.41) is 8.85. The van der Waals surface area contributed by atoms with E-state index in [1.807, 2.05) is 0 Å². The van der Waals surface area contributed by atoms with E-state index in [0.717, 1.165) is 0 Å². The summed E-state index contributed by atoms with van der Waals surface area (Å²) >= 11 is 0. The molecule has 0 spiro atoms. The minimum absolute atomic E-state index is 0.270. The van der Waals surface area contributed by atoms with Crippen LogP contribution < -0.4 is 4.74 Å². The summed E-state index contributed by atoms with van der Waals surface area (Å²) in [6.07, 6.45) is 0.317. The fourth-order valence-electron chi connectivity index (χ4n) is 1.98. The van der Waals surface area contributed by atoms with Crippen molar-refractivity contribution in [3.8, 4) is 5.75 Å². The quantitative estimate of drug-likeness (QED) is 0.891. The first-order valence-corrected chi connectivity index (χ1v) is 6.01. The summed E-state index contributed by atoms with van der Waals surface area (Å²) in [4.78, 5) is 24.0. The van der Waals surface area contributed by atoms with Crippen LogP contribution >= 0.6 is 0 Å².